The highest BCUT2D eigenvalue weighted by molar-refractivity contribution is 5.74. The van der Waals surface area contributed by atoms with Gasteiger partial charge in [-0.2, -0.15) is 0 Å². The standard InChI is InChI=1S/C11H17N3O2/c1-9-7-10(16-13-9)8-12-11(15)14-5-3-2-4-6-14/h7H,2-6,8H2,1H3,(H,12,15). The number of hydrogen-bond acceptors (Lipinski definition) is 3. The fraction of sp³-hybridized carbons (Fsp3) is 0.636. The second-order valence-corrected chi connectivity index (χ2v) is 4.14. The molecule has 5 heteroatoms. The summed E-state index contributed by atoms with van der Waals surface area (Å²) in [5.41, 5.74) is 0.835. The second kappa shape index (κ2) is 5.01. The first-order valence-corrected chi connectivity index (χ1v) is 5.70. The lowest BCUT2D eigenvalue weighted by molar-refractivity contribution is 0.184. The van der Waals surface area contributed by atoms with Crippen molar-refractivity contribution in [2.45, 2.75) is 32.7 Å². The fourth-order valence-electron chi connectivity index (χ4n) is 1.87. The van der Waals surface area contributed by atoms with Crippen molar-refractivity contribution >= 4 is 6.03 Å². The number of urea groups is 1. The highest BCUT2D eigenvalue weighted by atomic mass is 16.5. The minimum Gasteiger partial charge on any atom is -0.359 e. The number of aryl methyl sites for hydroxylation is 1. The number of nitrogens with zero attached hydrogens (tertiary/aromatic N) is 2. The molecule has 0 saturated carbocycles. The Morgan fingerprint density at radius 3 is 2.88 bits per heavy atom. The van der Waals surface area contributed by atoms with Gasteiger partial charge in [-0.15, -0.1) is 0 Å². The Balaban J connectivity index is 1.78. The second-order valence-electron chi connectivity index (χ2n) is 4.14. The highest BCUT2D eigenvalue weighted by Gasteiger charge is 2.16. The number of piperidine rings is 1. The van der Waals surface area contributed by atoms with Gasteiger partial charge in [0, 0.05) is 19.2 Å². The van der Waals surface area contributed by atoms with Crippen molar-refractivity contribution < 1.29 is 9.32 Å². The number of likely N-dealkylation sites (tertiary alicyclic amines) is 1. The van der Waals surface area contributed by atoms with Gasteiger partial charge in [0.15, 0.2) is 5.76 Å². The minimum atomic E-state index is -0.00578. The lowest BCUT2D eigenvalue weighted by atomic mass is 10.1. The van der Waals surface area contributed by atoms with E-state index in [9.17, 15) is 4.79 Å². The van der Waals surface area contributed by atoms with Crippen LogP contribution in [0.1, 0.15) is 30.7 Å². The fourth-order valence-corrected chi connectivity index (χ4v) is 1.87. The molecular weight excluding hydrogens is 206 g/mol. The predicted octanol–water partition coefficient (Wildman–Crippen LogP) is 1.68. The largest absolute Gasteiger partial charge is 0.359 e. The maximum absolute atomic E-state index is 11.7. The molecule has 0 spiro atoms. The molecule has 1 fully saturated rings. The summed E-state index contributed by atoms with van der Waals surface area (Å²) < 4.78 is 5.02. The van der Waals surface area contributed by atoms with Crippen molar-refractivity contribution in [2.24, 2.45) is 0 Å². The van der Waals surface area contributed by atoms with E-state index in [0.717, 1.165) is 31.6 Å². The molecule has 0 aromatic carbocycles. The summed E-state index contributed by atoms with van der Waals surface area (Å²) in [4.78, 5) is 13.6. The van der Waals surface area contributed by atoms with Crippen molar-refractivity contribution in [1.29, 1.82) is 0 Å². The van der Waals surface area contributed by atoms with Gasteiger partial charge in [0.05, 0.1) is 12.2 Å². The third kappa shape index (κ3) is 2.74. The monoisotopic (exact) mass is 223 g/mol. The highest BCUT2D eigenvalue weighted by Crippen LogP contribution is 2.09. The number of rotatable bonds is 2. The maximum atomic E-state index is 11.7. The van der Waals surface area contributed by atoms with Gasteiger partial charge in [-0.1, -0.05) is 5.16 Å². The van der Waals surface area contributed by atoms with Gasteiger partial charge < -0.3 is 14.7 Å². The number of aromatic nitrogens is 1. The van der Waals surface area contributed by atoms with Crippen LogP contribution in [-0.4, -0.2) is 29.2 Å². The Labute approximate surface area is 94.8 Å². The average molecular weight is 223 g/mol. The van der Waals surface area contributed by atoms with Crippen molar-refractivity contribution in [3.63, 3.8) is 0 Å². The zero-order valence-electron chi connectivity index (χ0n) is 9.53. The number of hydrogen-bond donors (Lipinski definition) is 1. The van der Waals surface area contributed by atoms with E-state index in [4.69, 9.17) is 4.52 Å². The Morgan fingerprint density at radius 1 is 1.50 bits per heavy atom. The van der Waals surface area contributed by atoms with Gasteiger partial charge in [0.25, 0.3) is 0 Å². The Morgan fingerprint density at radius 2 is 2.25 bits per heavy atom. The van der Waals surface area contributed by atoms with E-state index in [0.29, 0.717) is 12.3 Å². The van der Waals surface area contributed by atoms with Crippen LogP contribution in [0, 0.1) is 6.92 Å². The molecule has 1 aromatic heterocycles. The van der Waals surface area contributed by atoms with Crippen LogP contribution in [0.15, 0.2) is 10.6 Å². The smallest absolute Gasteiger partial charge is 0.317 e. The van der Waals surface area contributed by atoms with Crippen LogP contribution in [0.25, 0.3) is 0 Å². The van der Waals surface area contributed by atoms with Gasteiger partial charge >= 0.3 is 6.03 Å². The quantitative estimate of drug-likeness (QED) is 0.829. The Kier molecular flexibility index (Phi) is 3.44. The first kappa shape index (κ1) is 11.0. The van der Waals surface area contributed by atoms with Gasteiger partial charge in [-0.25, -0.2) is 4.79 Å². The van der Waals surface area contributed by atoms with Crippen LogP contribution in [0.3, 0.4) is 0 Å². The molecule has 16 heavy (non-hydrogen) atoms. The van der Waals surface area contributed by atoms with E-state index in [2.05, 4.69) is 10.5 Å². The molecule has 2 rings (SSSR count). The first-order valence-electron chi connectivity index (χ1n) is 5.70. The molecule has 1 saturated heterocycles. The molecule has 1 aliphatic heterocycles. The molecule has 1 aromatic rings. The normalized spacial score (nSPS) is 16.2. The topological polar surface area (TPSA) is 58.4 Å². The molecular formula is C11H17N3O2. The van der Waals surface area contributed by atoms with E-state index >= 15 is 0 Å². The van der Waals surface area contributed by atoms with Crippen molar-refractivity contribution in [2.75, 3.05) is 13.1 Å². The lowest BCUT2D eigenvalue weighted by Crippen LogP contribution is -2.42. The SMILES string of the molecule is Cc1cc(CNC(=O)N2CCCCC2)on1. The molecule has 0 aliphatic carbocycles. The van der Waals surface area contributed by atoms with Gasteiger partial charge in [0.1, 0.15) is 0 Å². The van der Waals surface area contributed by atoms with Crippen LogP contribution in [-0.2, 0) is 6.54 Å². The zero-order chi connectivity index (χ0) is 11.4. The molecule has 1 N–H and O–H groups in total. The molecule has 0 unspecified atom stereocenters. The molecule has 88 valence electrons. The van der Waals surface area contributed by atoms with Gasteiger partial charge in [0.2, 0.25) is 0 Å². The van der Waals surface area contributed by atoms with Crippen LogP contribution in [0.5, 0.6) is 0 Å². The maximum Gasteiger partial charge on any atom is 0.317 e. The molecule has 1 aliphatic rings. The number of carbonyl (C=O) groups is 1. The average Bonchev–Trinajstić information content (AvgIpc) is 2.73. The van der Waals surface area contributed by atoms with Crippen molar-refractivity contribution in [3.05, 3.63) is 17.5 Å². The van der Waals surface area contributed by atoms with Gasteiger partial charge in [-0.05, 0) is 26.2 Å². The van der Waals surface area contributed by atoms with Crippen LogP contribution >= 0.6 is 0 Å². The van der Waals surface area contributed by atoms with Gasteiger partial charge in [-0.3, -0.25) is 0 Å². The Bertz CT molecular complexity index is 356. The van der Waals surface area contributed by atoms with Crippen molar-refractivity contribution in [3.8, 4) is 0 Å². The number of amides is 2. The van der Waals surface area contributed by atoms with E-state index in [1.807, 2.05) is 17.9 Å². The summed E-state index contributed by atoms with van der Waals surface area (Å²) in [5.74, 6) is 0.697. The number of nitrogens with one attached hydrogen (secondary N) is 1. The predicted molar refractivity (Wildman–Crippen MR) is 58.9 cm³/mol. The van der Waals surface area contributed by atoms with Crippen molar-refractivity contribution in [1.82, 2.24) is 15.4 Å². The molecule has 5 nitrogen and oxygen atoms in total. The summed E-state index contributed by atoms with van der Waals surface area (Å²) in [5, 5.41) is 6.60. The van der Waals surface area contributed by atoms with E-state index in [-0.39, 0.29) is 6.03 Å². The number of carbonyl (C=O) groups excluding carboxylic acids is 1. The summed E-state index contributed by atoms with van der Waals surface area (Å²) in [6, 6.07) is 1.82. The molecule has 2 amide bonds. The van der Waals surface area contributed by atoms with E-state index in [1.165, 1.54) is 6.42 Å². The zero-order valence-corrected chi connectivity index (χ0v) is 9.53. The molecule has 2 heterocycles. The third-order valence-corrected chi connectivity index (χ3v) is 2.73. The van der Waals surface area contributed by atoms with E-state index in [1.54, 1.807) is 0 Å². The molecule has 0 bridgehead atoms. The lowest BCUT2D eigenvalue weighted by Gasteiger charge is -2.26. The molecule has 0 radical (unpaired) electrons. The van der Waals surface area contributed by atoms with Crippen LogP contribution < -0.4 is 5.32 Å². The molecule has 0 atom stereocenters. The Hall–Kier alpha value is -1.52. The summed E-state index contributed by atoms with van der Waals surface area (Å²) in [6.07, 6.45) is 3.44. The summed E-state index contributed by atoms with van der Waals surface area (Å²) in [7, 11) is 0. The first-order chi connectivity index (χ1) is 7.75. The summed E-state index contributed by atoms with van der Waals surface area (Å²) >= 11 is 0. The van der Waals surface area contributed by atoms with Crippen LogP contribution in [0.4, 0.5) is 4.79 Å². The van der Waals surface area contributed by atoms with Crippen LogP contribution in [0.2, 0.25) is 0 Å². The minimum absolute atomic E-state index is 0.00578. The van der Waals surface area contributed by atoms with E-state index < -0.39 is 0 Å². The summed E-state index contributed by atoms with van der Waals surface area (Å²) in [6.45, 7) is 4.00. The third-order valence-electron chi connectivity index (χ3n) is 2.73.